The topological polar surface area (TPSA) is 66.6 Å². The van der Waals surface area contributed by atoms with Crippen molar-refractivity contribution in [3.63, 3.8) is 0 Å². The highest BCUT2D eigenvalue weighted by Crippen LogP contribution is 2.24. The van der Waals surface area contributed by atoms with Gasteiger partial charge in [0, 0.05) is 24.5 Å². The molecule has 0 bridgehead atoms. The molecule has 0 aliphatic rings. The minimum atomic E-state index is -0.773. The Balaban J connectivity index is 2.01. The molecular weight excluding hydrogens is 276 g/mol. The molecule has 5 nitrogen and oxygen atoms in total. The van der Waals surface area contributed by atoms with E-state index in [4.69, 9.17) is 9.52 Å². The van der Waals surface area contributed by atoms with Crippen molar-refractivity contribution in [3.05, 3.63) is 29.5 Å². The van der Waals surface area contributed by atoms with Gasteiger partial charge in [0.25, 0.3) is 0 Å². The summed E-state index contributed by atoms with van der Waals surface area (Å²) in [6, 6.07) is 4.00. The lowest BCUT2D eigenvalue weighted by Gasteiger charge is -2.24. The standard InChI is InChI=1S/C14H18N2O3S/c1-10(2)16(6-5-13(17)18)8-11-9-20-14(15-11)12-4-3-7-19-12/h3-4,7,9-10H,5-6,8H2,1-2H3,(H,17,18). The van der Waals surface area contributed by atoms with Gasteiger partial charge < -0.3 is 9.52 Å². The maximum Gasteiger partial charge on any atom is 0.304 e. The number of carboxylic acid groups (broad SMARTS) is 1. The van der Waals surface area contributed by atoms with Crippen LogP contribution in [0.15, 0.2) is 28.2 Å². The first-order chi connectivity index (χ1) is 9.56. The summed E-state index contributed by atoms with van der Waals surface area (Å²) in [5.74, 6) is -0.00640. The van der Waals surface area contributed by atoms with Gasteiger partial charge in [0.15, 0.2) is 10.8 Å². The van der Waals surface area contributed by atoms with E-state index in [1.165, 1.54) is 11.3 Å². The molecule has 108 valence electrons. The molecule has 0 fully saturated rings. The summed E-state index contributed by atoms with van der Waals surface area (Å²) in [6.45, 7) is 5.30. The van der Waals surface area contributed by atoms with Crippen LogP contribution in [0.2, 0.25) is 0 Å². The summed E-state index contributed by atoms with van der Waals surface area (Å²) in [7, 11) is 0. The molecule has 0 aliphatic heterocycles. The maximum absolute atomic E-state index is 10.7. The second-order valence-electron chi connectivity index (χ2n) is 4.83. The predicted molar refractivity (Wildman–Crippen MR) is 77.6 cm³/mol. The fourth-order valence-corrected chi connectivity index (χ4v) is 2.64. The Hall–Kier alpha value is -1.66. The number of aliphatic carboxylic acids is 1. The molecule has 0 saturated carbocycles. The summed E-state index contributed by atoms with van der Waals surface area (Å²) in [6.07, 6.45) is 1.77. The van der Waals surface area contributed by atoms with E-state index in [1.54, 1.807) is 6.26 Å². The molecule has 0 aromatic carbocycles. The Kier molecular flexibility index (Phi) is 4.92. The molecular formula is C14H18N2O3S. The number of hydrogen-bond acceptors (Lipinski definition) is 5. The van der Waals surface area contributed by atoms with Crippen molar-refractivity contribution >= 4 is 17.3 Å². The zero-order valence-corrected chi connectivity index (χ0v) is 12.4. The molecule has 2 heterocycles. The van der Waals surface area contributed by atoms with E-state index >= 15 is 0 Å². The van der Waals surface area contributed by atoms with Gasteiger partial charge in [-0.2, -0.15) is 0 Å². The first-order valence-corrected chi connectivity index (χ1v) is 7.38. The van der Waals surface area contributed by atoms with Gasteiger partial charge >= 0.3 is 5.97 Å². The van der Waals surface area contributed by atoms with Crippen LogP contribution < -0.4 is 0 Å². The van der Waals surface area contributed by atoms with Gasteiger partial charge in [-0.25, -0.2) is 4.98 Å². The largest absolute Gasteiger partial charge is 0.481 e. The highest BCUT2D eigenvalue weighted by molar-refractivity contribution is 7.13. The average Bonchev–Trinajstić information content (AvgIpc) is 3.04. The number of thiazole rings is 1. The Morgan fingerprint density at radius 2 is 2.35 bits per heavy atom. The van der Waals surface area contributed by atoms with Gasteiger partial charge in [0.1, 0.15) is 0 Å². The quantitative estimate of drug-likeness (QED) is 0.850. The van der Waals surface area contributed by atoms with Crippen LogP contribution in [-0.2, 0) is 11.3 Å². The molecule has 0 spiro atoms. The van der Waals surface area contributed by atoms with E-state index in [0.29, 0.717) is 13.1 Å². The number of furan rings is 1. The van der Waals surface area contributed by atoms with Crippen molar-refractivity contribution in [2.45, 2.75) is 32.9 Å². The molecule has 0 atom stereocenters. The Morgan fingerprint density at radius 1 is 1.55 bits per heavy atom. The van der Waals surface area contributed by atoms with E-state index < -0.39 is 5.97 Å². The van der Waals surface area contributed by atoms with Crippen LogP contribution in [0.4, 0.5) is 0 Å². The lowest BCUT2D eigenvalue weighted by atomic mass is 10.2. The normalized spacial score (nSPS) is 11.4. The molecule has 2 aromatic rings. The number of carbonyl (C=O) groups is 1. The molecule has 2 aromatic heterocycles. The van der Waals surface area contributed by atoms with Gasteiger partial charge in [-0.3, -0.25) is 9.69 Å². The van der Waals surface area contributed by atoms with Crippen molar-refractivity contribution in [1.82, 2.24) is 9.88 Å². The molecule has 6 heteroatoms. The van der Waals surface area contributed by atoms with Crippen molar-refractivity contribution in [2.75, 3.05) is 6.54 Å². The van der Waals surface area contributed by atoms with Crippen LogP contribution in [0.25, 0.3) is 10.8 Å². The summed E-state index contributed by atoms with van der Waals surface area (Å²) < 4.78 is 5.32. The maximum atomic E-state index is 10.7. The fraction of sp³-hybridized carbons (Fsp3) is 0.429. The minimum absolute atomic E-state index is 0.146. The summed E-state index contributed by atoms with van der Waals surface area (Å²) in [5.41, 5.74) is 0.945. The van der Waals surface area contributed by atoms with Gasteiger partial charge in [0.05, 0.1) is 18.4 Å². The number of nitrogens with zero attached hydrogens (tertiary/aromatic N) is 2. The number of hydrogen-bond donors (Lipinski definition) is 1. The lowest BCUT2D eigenvalue weighted by molar-refractivity contribution is -0.137. The van der Waals surface area contributed by atoms with Crippen molar-refractivity contribution < 1.29 is 14.3 Å². The van der Waals surface area contributed by atoms with Crippen molar-refractivity contribution in [2.24, 2.45) is 0 Å². The Labute approximate surface area is 121 Å². The van der Waals surface area contributed by atoms with Crippen LogP contribution in [0.1, 0.15) is 26.0 Å². The van der Waals surface area contributed by atoms with E-state index in [1.807, 2.05) is 17.5 Å². The van der Waals surface area contributed by atoms with Crippen molar-refractivity contribution in [3.8, 4) is 10.8 Å². The number of rotatable bonds is 7. The zero-order chi connectivity index (χ0) is 14.5. The second-order valence-corrected chi connectivity index (χ2v) is 5.69. The van der Waals surface area contributed by atoms with E-state index in [2.05, 4.69) is 23.7 Å². The fourth-order valence-electron chi connectivity index (χ4n) is 1.86. The highest BCUT2D eigenvalue weighted by atomic mass is 32.1. The Morgan fingerprint density at radius 3 is 2.95 bits per heavy atom. The predicted octanol–water partition coefficient (Wildman–Crippen LogP) is 3.09. The smallest absolute Gasteiger partial charge is 0.304 e. The molecule has 0 aliphatic carbocycles. The molecule has 0 saturated heterocycles. The lowest BCUT2D eigenvalue weighted by Crippen LogP contribution is -2.32. The number of aromatic nitrogens is 1. The molecule has 0 radical (unpaired) electrons. The van der Waals surface area contributed by atoms with Gasteiger partial charge in [-0.1, -0.05) is 0 Å². The van der Waals surface area contributed by atoms with E-state index in [0.717, 1.165) is 16.5 Å². The van der Waals surface area contributed by atoms with Crippen LogP contribution in [0, 0.1) is 0 Å². The average molecular weight is 294 g/mol. The molecule has 2 rings (SSSR count). The summed E-state index contributed by atoms with van der Waals surface area (Å²) >= 11 is 1.54. The molecule has 1 N–H and O–H groups in total. The third-order valence-corrected chi connectivity index (χ3v) is 3.90. The van der Waals surface area contributed by atoms with Crippen LogP contribution >= 0.6 is 11.3 Å². The SMILES string of the molecule is CC(C)N(CCC(=O)O)Cc1csc(-c2ccco2)n1. The third-order valence-electron chi connectivity index (χ3n) is 2.99. The van der Waals surface area contributed by atoms with Gasteiger partial charge in [0.2, 0.25) is 0 Å². The summed E-state index contributed by atoms with van der Waals surface area (Å²) in [4.78, 5) is 17.3. The third kappa shape index (κ3) is 3.91. The van der Waals surface area contributed by atoms with E-state index in [-0.39, 0.29) is 12.5 Å². The molecule has 0 amide bonds. The highest BCUT2D eigenvalue weighted by Gasteiger charge is 2.14. The summed E-state index contributed by atoms with van der Waals surface area (Å²) in [5, 5.41) is 11.6. The van der Waals surface area contributed by atoms with Gasteiger partial charge in [-0.15, -0.1) is 11.3 Å². The van der Waals surface area contributed by atoms with Gasteiger partial charge in [-0.05, 0) is 26.0 Å². The first kappa shape index (κ1) is 14.7. The van der Waals surface area contributed by atoms with Crippen LogP contribution in [0.5, 0.6) is 0 Å². The van der Waals surface area contributed by atoms with Crippen molar-refractivity contribution in [1.29, 1.82) is 0 Å². The second kappa shape index (κ2) is 6.67. The van der Waals surface area contributed by atoms with Crippen LogP contribution in [-0.4, -0.2) is 33.5 Å². The molecule has 0 unspecified atom stereocenters. The minimum Gasteiger partial charge on any atom is -0.481 e. The number of carboxylic acids is 1. The monoisotopic (exact) mass is 294 g/mol. The molecule has 20 heavy (non-hydrogen) atoms. The zero-order valence-electron chi connectivity index (χ0n) is 11.6. The first-order valence-electron chi connectivity index (χ1n) is 6.50. The van der Waals surface area contributed by atoms with E-state index in [9.17, 15) is 4.79 Å². The Bertz CT molecular complexity index is 549. The van der Waals surface area contributed by atoms with Crippen LogP contribution in [0.3, 0.4) is 0 Å².